The number of hydrogen-bond acceptors (Lipinski definition) is 4. The number of halogens is 1. The Morgan fingerprint density at radius 1 is 1.04 bits per heavy atom. The third-order valence-corrected chi connectivity index (χ3v) is 4.13. The number of amides is 1. The standard InChI is InChI=1S/C19H17ClN2O3/c1-11-15-10-17(25-3)16(24-2)8-13(15)9-18(21-11)22-19(23)12-4-6-14(20)7-5-12/h4-10H,1-3H3,(H,21,22,23). The molecule has 0 radical (unpaired) electrons. The van der Waals surface area contributed by atoms with Gasteiger partial charge in [0, 0.05) is 21.7 Å². The molecule has 0 saturated heterocycles. The van der Waals surface area contributed by atoms with Gasteiger partial charge >= 0.3 is 0 Å². The molecule has 0 atom stereocenters. The molecule has 1 N–H and O–H groups in total. The van der Waals surface area contributed by atoms with Crippen LogP contribution in [0.1, 0.15) is 16.1 Å². The zero-order valence-corrected chi connectivity index (χ0v) is 14.8. The summed E-state index contributed by atoms with van der Waals surface area (Å²) in [5.41, 5.74) is 1.29. The van der Waals surface area contributed by atoms with Crippen LogP contribution in [-0.2, 0) is 0 Å². The molecule has 0 aliphatic rings. The summed E-state index contributed by atoms with van der Waals surface area (Å²) in [6.45, 7) is 1.88. The van der Waals surface area contributed by atoms with E-state index in [2.05, 4.69) is 10.3 Å². The lowest BCUT2D eigenvalue weighted by Gasteiger charge is -2.12. The fraction of sp³-hybridized carbons (Fsp3) is 0.158. The van der Waals surface area contributed by atoms with Gasteiger partial charge in [0.25, 0.3) is 5.91 Å². The average molecular weight is 357 g/mol. The molecule has 0 spiro atoms. The number of carbonyl (C=O) groups is 1. The number of anilines is 1. The lowest BCUT2D eigenvalue weighted by molar-refractivity contribution is 0.102. The first-order valence-electron chi connectivity index (χ1n) is 7.62. The molecule has 25 heavy (non-hydrogen) atoms. The topological polar surface area (TPSA) is 60.5 Å². The highest BCUT2D eigenvalue weighted by Crippen LogP contribution is 2.34. The van der Waals surface area contributed by atoms with Crippen LogP contribution in [0, 0.1) is 6.92 Å². The SMILES string of the molecule is COc1cc2cc(NC(=O)c3ccc(Cl)cc3)nc(C)c2cc1OC. The van der Waals surface area contributed by atoms with Crippen LogP contribution in [0.2, 0.25) is 5.02 Å². The van der Waals surface area contributed by atoms with Crippen LogP contribution in [0.5, 0.6) is 11.5 Å². The van der Waals surface area contributed by atoms with E-state index in [0.29, 0.717) is 27.9 Å². The van der Waals surface area contributed by atoms with Crippen molar-refractivity contribution in [1.82, 2.24) is 4.98 Å². The van der Waals surface area contributed by atoms with Gasteiger partial charge < -0.3 is 14.8 Å². The summed E-state index contributed by atoms with van der Waals surface area (Å²) in [5.74, 6) is 1.48. The van der Waals surface area contributed by atoms with Crippen molar-refractivity contribution in [3.8, 4) is 11.5 Å². The summed E-state index contributed by atoms with van der Waals surface area (Å²) >= 11 is 5.85. The zero-order chi connectivity index (χ0) is 18.0. The fourth-order valence-electron chi connectivity index (χ4n) is 2.60. The Labute approximate surface area is 150 Å². The van der Waals surface area contributed by atoms with Crippen molar-refractivity contribution in [1.29, 1.82) is 0 Å². The van der Waals surface area contributed by atoms with Crippen molar-refractivity contribution in [2.75, 3.05) is 19.5 Å². The maximum Gasteiger partial charge on any atom is 0.256 e. The minimum Gasteiger partial charge on any atom is -0.493 e. The molecule has 2 aromatic carbocycles. The number of ether oxygens (including phenoxy) is 2. The Morgan fingerprint density at radius 2 is 1.68 bits per heavy atom. The molecule has 0 saturated carbocycles. The van der Waals surface area contributed by atoms with Crippen LogP contribution in [0.15, 0.2) is 42.5 Å². The Bertz CT molecular complexity index is 940. The van der Waals surface area contributed by atoms with Gasteiger partial charge in [-0.3, -0.25) is 4.79 Å². The van der Waals surface area contributed by atoms with Gasteiger partial charge in [-0.1, -0.05) is 11.6 Å². The van der Waals surface area contributed by atoms with Gasteiger partial charge in [0.2, 0.25) is 0 Å². The molecule has 0 fully saturated rings. The van der Waals surface area contributed by atoms with Gasteiger partial charge in [0.05, 0.1) is 14.2 Å². The van der Waals surface area contributed by atoms with Crippen molar-refractivity contribution >= 4 is 34.1 Å². The van der Waals surface area contributed by atoms with Crippen molar-refractivity contribution in [2.24, 2.45) is 0 Å². The minimum atomic E-state index is -0.247. The molecule has 0 aliphatic carbocycles. The summed E-state index contributed by atoms with van der Waals surface area (Å²) < 4.78 is 10.7. The molecule has 3 rings (SSSR count). The first-order chi connectivity index (χ1) is 12.0. The number of rotatable bonds is 4. The second kappa shape index (κ2) is 6.99. The van der Waals surface area contributed by atoms with Crippen molar-refractivity contribution in [3.63, 3.8) is 0 Å². The second-order valence-electron chi connectivity index (χ2n) is 5.48. The zero-order valence-electron chi connectivity index (χ0n) is 14.1. The average Bonchev–Trinajstić information content (AvgIpc) is 2.61. The maximum atomic E-state index is 12.4. The molecule has 1 amide bonds. The lowest BCUT2D eigenvalue weighted by Crippen LogP contribution is -2.13. The molecule has 0 aliphatic heterocycles. The van der Waals surface area contributed by atoms with E-state index in [-0.39, 0.29) is 5.91 Å². The Balaban J connectivity index is 1.97. The van der Waals surface area contributed by atoms with Crippen LogP contribution in [-0.4, -0.2) is 25.1 Å². The van der Waals surface area contributed by atoms with Gasteiger partial charge in [-0.25, -0.2) is 4.98 Å². The summed E-state index contributed by atoms with van der Waals surface area (Å²) in [7, 11) is 3.17. The highest BCUT2D eigenvalue weighted by atomic mass is 35.5. The summed E-state index contributed by atoms with van der Waals surface area (Å²) in [6, 6.07) is 12.2. The second-order valence-corrected chi connectivity index (χ2v) is 5.92. The highest BCUT2D eigenvalue weighted by molar-refractivity contribution is 6.30. The number of nitrogens with one attached hydrogen (secondary N) is 1. The number of fused-ring (bicyclic) bond motifs is 1. The molecule has 1 aromatic heterocycles. The van der Waals surface area contributed by atoms with E-state index in [1.807, 2.05) is 19.1 Å². The molecule has 0 bridgehead atoms. The van der Waals surface area contributed by atoms with E-state index in [1.165, 1.54) is 0 Å². The van der Waals surface area contributed by atoms with Crippen LogP contribution >= 0.6 is 11.6 Å². The molecular formula is C19H17ClN2O3. The third-order valence-electron chi connectivity index (χ3n) is 3.87. The predicted octanol–water partition coefficient (Wildman–Crippen LogP) is 4.47. The molecule has 3 aromatic rings. The minimum absolute atomic E-state index is 0.247. The van der Waals surface area contributed by atoms with E-state index in [4.69, 9.17) is 21.1 Å². The normalized spacial score (nSPS) is 10.6. The molecule has 128 valence electrons. The van der Waals surface area contributed by atoms with Gasteiger partial charge in [-0.15, -0.1) is 0 Å². The summed E-state index contributed by atoms with van der Waals surface area (Å²) in [6.07, 6.45) is 0. The third kappa shape index (κ3) is 3.51. The van der Waals surface area contributed by atoms with Crippen LogP contribution < -0.4 is 14.8 Å². The largest absolute Gasteiger partial charge is 0.493 e. The van der Waals surface area contributed by atoms with Crippen molar-refractivity contribution < 1.29 is 14.3 Å². The first-order valence-corrected chi connectivity index (χ1v) is 8.00. The van der Waals surface area contributed by atoms with E-state index in [0.717, 1.165) is 16.5 Å². The molecule has 5 nitrogen and oxygen atoms in total. The van der Waals surface area contributed by atoms with Gasteiger partial charge in [0.1, 0.15) is 5.82 Å². The highest BCUT2D eigenvalue weighted by Gasteiger charge is 2.12. The molecule has 0 unspecified atom stereocenters. The fourth-order valence-corrected chi connectivity index (χ4v) is 2.73. The van der Waals surface area contributed by atoms with Crippen LogP contribution in [0.25, 0.3) is 10.8 Å². The number of carbonyl (C=O) groups excluding carboxylic acids is 1. The first kappa shape index (κ1) is 17.0. The molecule has 1 heterocycles. The van der Waals surface area contributed by atoms with Crippen molar-refractivity contribution in [3.05, 3.63) is 58.7 Å². The summed E-state index contributed by atoms with van der Waals surface area (Å²) in [4.78, 5) is 16.8. The maximum absolute atomic E-state index is 12.4. The number of aryl methyl sites for hydroxylation is 1. The number of hydrogen-bond donors (Lipinski definition) is 1. The quantitative estimate of drug-likeness (QED) is 0.749. The van der Waals surface area contributed by atoms with Crippen LogP contribution in [0.4, 0.5) is 5.82 Å². The number of benzene rings is 2. The van der Waals surface area contributed by atoms with Crippen molar-refractivity contribution in [2.45, 2.75) is 6.92 Å². The monoisotopic (exact) mass is 356 g/mol. The summed E-state index contributed by atoms with van der Waals surface area (Å²) in [5, 5.41) is 5.22. The smallest absolute Gasteiger partial charge is 0.256 e. The Morgan fingerprint density at radius 3 is 2.32 bits per heavy atom. The predicted molar refractivity (Wildman–Crippen MR) is 99.0 cm³/mol. The van der Waals surface area contributed by atoms with Gasteiger partial charge in [0.15, 0.2) is 11.5 Å². The van der Waals surface area contributed by atoms with E-state index < -0.39 is 0 Å². The lowest BCUT2D eigenvalue weighted by atomic mass is 10.1. The number of pyridine rings is 1. The van der Waals surface area contributed by atoms with Gasteiger partial charge in [-0.2, -0.15) is 0 Å². The molecule has 6 heteroatoms. The number of nitrogens with zero attached hydrogens (tertiary/aromatic N) is 1. The van der Waals surface area contributed by atoms with E-state index >= 15 is 0 Å². The van der Waals surface area contributed by atoms with E-state index in [1.54, 1.807) is 44.6 Å². The van der Waals surface area contributed by atoms with E-state index in [9.17, 15) is 4.79 Å². The van der Waals surface area contributed by atoms with Crippen LogP contribution in [0.3, 0.4) is 0 Å². The Hall–Kier alpha value is -2.79. The number of aromatic nitrogens is 1. The molecular weight excluding hydrogens is 340 g/mol. The number of methoxy groups -OCH3 is 2. The Kier molecular flexibility index (Phi) is 4.76. The van der Waals surface area contributed by atoms with Gasteiger partial charge in [-0.05, 0) is 54.8 Å².